The highest BCUT2D eigenvalue weighted by molar-refractivity contribution is 9.10. The summed E-state index contributed by atoms with van der Waals surface area (Å²) in [7, 11) is 0. The summed E-state index contributed by atoms with van der Waals surface area (Å²) >= 11 is 3.42. The minimum atomic E-state index is -0.664. The molecule has 1 aliphatic heterocycles. The Kier molecular flexibility index (Phi) is 5.65. The van der Waals surface area contributed by atoms with Crippen LogP contribution in [0, 0.1) is 5.41 Å². The van der Waals surface area contributed by atoms with Crippen molar-refractivity contribution in [2.24, 2.45) is 5.41 Å². The van der Waals surface area contributed by atoms with Crippen LogP contribution < -0.4 is 4.74 Å². The topological polar surface area (TPSA) is 49.8 Å². The zero-order valence-electron chi connectivity index (χ0n) is 12.3. The summed E-state index contributed by atoms with van der Waals surface area (Å²) in [5.74, 6) is 0.170. The van der Waals surface area contributed by atoms with Gasteiger partial charge in [0.15, 0.2) is 0 Å². The quantitative estimate of drug-likeness (QED) is 0.849. The molecule has 0 aromatic heterocycles. The van der Waals surface area contributed by atoms with Crippen molar-refractivity contribution in [3.8, 4) is 5.75 Å². The van der Waals surface area contributed by atoms with E-state index in [0.717, 1.165) is 36.2 Å². The molecule has 1 aliphatic rings. The van der Waals surface area contributed by atoms with Gasteiger partial charge >= 0.3 is 5.97 Å². The molecular formula is C16H22BrNO3. The van der Waals surface area contributed by atoms with Crippen LogP contribution in [0.4, 0.5) is 0 Å². The molecule has 0 radical (unpaired) electrons. The molecule has 1 atom stereocenters. The number of likely N-dealkylation sites (tertiary alicyclic amines) is 1. The van der Waals surface area contributed by atoms with Gasteiger partial charge in [0, 0.05) is 17.6 Å². The molecule has 5 heteroatoms. The van der Waals surface area contributed by atoms with Crippen LogP contribution in [0.25, 0.3) is 0 Å². The van der Waals surface area contributed by atoms with Gasteiger partial charge in [0.1, 0.15) is 12.4 Å². The van der Waals surface area contributed by atoms with Crippen molar-refractivity contribution in [1.82, 2.24) is 4.90 Å². The molecule has 0 bridgehead atoms. The summed E-state index contributed by atoms with van der Waals surface area (Å²) in [4.78, 5) is 13.7. The second-order valence-electron chi connectivity index (χ2n) is 5.62. The van der Waals surface area contributed by atoms with E-state index in [1.165, 1.54) is 0 Å². The summed E-state index contributed by atoms with van der Waals surface area (Å²) in [6, 6.07) is 7.76. The SMILES string of the molecule is CCC1(C(=O)O)CCCN(CCOc2cccc(Br)c2)C1. The fourth-order valence-corrected chi connectivity index (χ4v) is 3.26. The molecule has 116 valence electrons. The number of aliphatic carboxylic acids is 1. The van der Waals surface area contributed by atoms with Crippen LogP contribution in [0.15, 0.2) is 28.7 Å². The third-order valence-electron chi connectivity index (χ3n) is 4.26. The zero-order chi connectivity index (χ0) is 15.3. The van der Waals surface area contributed by atoms with Crippen molar-refractivity contribution in [3.05, 3.63) is 28.7 Å². The number of carboxylic acids is 1. The number of hydrogen-bond acceptors (Lipinski definition) is 3. The first kappa shape index (κ1) is 16.3. The third kappa shape index (κ3) is 4.20. The van der Waals surface area contributed by atoms with Crippen LogP contribution in [0.1, 0.15) is 26.2 Å². The molecule has 1 fully saturated rings. The van der Waals surface area contributed by atoms with Crippen LogP contribution in [0.2, 0.25) is 0 Å². The number of ether oxygens (including phenoxy) is 1. The van der Waals surface area contributed by atoms with Crippen molar-refractivity contribution >= 4 is 21.9 Å². The predicted octanol–water partition coefficient (Wildman–Crippen LogP) is 3.40. The monoisotopic (exact) mass is 355 g/mol. The summed E-state index contributed by atoms with van der Waals surface area (Å²) in [5.41, 5.74) is -0.575. The van der Waals surface area contributed by atoms with Crippen molar-refractivity contribution in [3.63, 3.8) is 0 Å². The second kappa shape index (κ2) is 7.27. The zero-order valence-corrected chi connectivity index (χ0v) is 13.9. The van der Waals surface area contributed by atoms with E-state index in [1.54, 1.807) is 0 Å². The third-order valence-corrected chi connectivity index (χ3v) is 4.75. The molecule has 1 heterocycles. The molecule has 1 unspecified atom stereocenters. The first-order valence-corrected chi connectivity index (χ1v) is 8.19. The van der Waals surface area contributed by atoms with Gasteiger partial charge in [-0.3, -0.25) is 9.69 Å². The van der Waals surface area contributed by atoms with E-state index in [9.17, 15) is 9.90 Å². The Hall–Kier alpha value is -1.07. The molecule has 0 saturated carbocycles. The number of carboxylic acid groups (broad SMARTS) is 1. The molecule has 21 heavy (non-hydrogen) atoms. The van der Waals surface area contributed by atoms with E-state index < -0.39 is 11.4 Å². The Morgan fingerprint density at radius 3 is 3.00 bits per heavy atom. The standard InChI is InChI=1S/C16H22BrNO3/c1-2-16(15(19)20)7-4-8-18(12-16)9-10-21-14-6-3-5-13(17)11-14/h3,5-6,11H,2,4,7-10,12H2,1H3,(H,19,20). The van der Waals surface area contributed by atoms with Gasteiger partial charge in [0.2, 0.25) is 0 Å². The van der Waals surface area contributed by atoms with Crippen LogP contribution in [-0.4, -0.2) is 42.2 Å². The molecular weight excluding hydrogens is 334 g/mol. The summed E-state index contributed by atoms with van der Waals surface area (Å²) in [6.45, 7) is 4.89. The molecule has 0 amide bonds. The highest BCUT2D eigenvalue weighted by atomic mass is 79.9. The lowest BCUT2D eigenvalue weighted by Crippen LogP contribution is -2.48. The van der Waals surface area contributed by atoms with Crippen molar-refractivity contribution in [2.45, 2.75) is 26.2 Å². The van der Waals surface area contributed by atoms with Crippen LogP contribution in [-0.2, 0) is 4.79 Å². The summed E-state index contributed by atoms with van der Waals surface area (Å²) in [6.07, 6.45) is 2.41. The molecule has 2 rings (SSSR count). The van der Waals surface area contributed by atoms with Crippen molar-refractivity contribution < 1.29 is 14.6 Å². The van der Waals surface area contributed by atoms with E-state index in [-0.39, 0.29) is 0 Å². The number of hydrogen-bond donors (Lipinski definition) is 1. The van der Waals surface area contributed by atoms with Crippen LogP contribution in [0.3, 0.4) is 0 Å². The maximum atomic E-state index is 11.5. The molecule has 1 N–H and O–H groups in total. The van der Waals surface area contributed by atoms with Gasteiger partial charge in [-0.2, -0.15) is 0 Å². The van der Waals surface area contributed by atoms with Gasteiger partial charge in [-0.1, -0.05) is 28.9 Å². The second-order valence-corrected chi connectivity index (χ2v) is 6.54. The number of nitrogens with zero attached hydrogens (tertiary/aromatic N) is 1. The minimum absolute atomic E-state index is 0.575. The number of piperidine rings is 1. The number of rotatable bonds is 6. The molecule has 1 aromatic rings. The molecule has 1 aromatic carbocycles. The van der Waals surface area contributed by atoms with E-state index in [1.807, 2.05) is 31.2 Å². The van der Waals surface area contributed by atoms with Gasteiger partial charge in [-0.05, 0) is 44.0 Å². The Morgan fingerprint density at radius 1 is 1.52 bits per heavy atom. The average molecular weight is 356 g/mol. The summed E-state index contributed by atoms with van der Waals surface area (Å²) < 4.78 is 6.73. The average Bonchev–Trinajstić information content (AvgIpc) is 2.47. The fourth-order valence-electron chi connectivity index (χ4n) is 2.88. The predicted molar refractivity (Wildman–Crippen MR) is 85.7 cm³/mol. The minimum Gasteiger partial charge on any atom is -0.492 e. The van der Waals surface area contributed by atoms with Gasteiger partial charge < -0.3 is 9.84 Å². The van der Waals surface area contributed by atoms with Crippen molar-refractivity contribution in [2.75, 3.05) is 26.2 Å². The largest absolute Gasteiger partial charge is 0.492 e. The van der Waals surface area contributed by atoms with Crippen LogP contribution in [0.5, 0.6) is 5.75 Å². The lowest BCUT2D eigenvalue weighted by Gasteiger charge is -2.39. The summed E-state index contributed by atoms with van der Waals surface area (Å²) in [5, 5.41) is 9.48. The Bertz CT molecular complexity index is 494. The molecule has 0 spiro atoms. The van der Waals surface area contributed by atoms with Crippen LogP contribution >= 0.6 is 15.9 Å². The van der Waals surface area contributed by atoms with Gasteiger partial charge in [-0.15, -0.1) is 0 Å². The fraction of sp³-hybridized carbons (Fsp3) is 0.562. The molecule has 1 saturated heterocycles. The molecule has 4 nitrogen and oxygen atoms in total. The van der Waals surface area contributed by atoms with Crippen molar-refractivity contribution in [1.29, 1.82) is 0 Å². The van der Waals surface area contributed by atoms with E-state index in [4.69, 9.17) is 4.74 Å². The van der Waals surface area contributed by atoms with Gasteiger partial charge in [0.05, 0.1) is 5.41 Å². The van der Waals surface area contributed by atoms with E-state index in [2.05, 4.69) is 20.8 Å². The highest BCUT2D eigenvalue weighted by Crippen LogP contribution is 2.33. The lowest BCUT2D eigenvalue weighted by atomic mass is 9.78. The molecule has 0 aliphatic carbocycles. The number of carbonyl (C=O) groups is 1. The first-order chi connectivity index (χ1) is 10.1. The Balaban J connectivity index is 1.84. The Morgan fingerprint density at radius 2 is 2.33 bits per heavy atom. The van der Waals surface area contributed by atoms with Gasteiger partial charge in [0.25, 0.3) is 0 Å². The Labute approximate surface area is 134 Å². The lowest BCUT2D eigenvalue weighted by molar-refractivity contribution is -0.153. The van der Waals surface area contributed by atoms with E-state index >= 15 is 0 Å². The number of benzene rings is 1. The smallest absolute Gasteiger partial charge is 0.310 e. The first-order valence-electron chi connectivity index (χ1n) is 7.40. The maximum Gasteiger partial charge on any atom is 0.310 e. The highest BCUT2D eigenvalue weighted by Gasteiger charge is 2.40. The van der Waals surface area contributed by atoms with Gasteiger partial charge in [-0.25, -0.2) is 0 Å². The van der Waals surface area contributed by atoms with E-state index in [0.29, 0.717) is 19.6 Å². The normalized spacial score (nSPS) is 23.0. The maximum absolute atomic E-state index is 11.5. The number of halogens is 1.